The van der Waals surface area contributed by atoms with Crippen LogP contribution in [-0.4, -0.2) is 15.9 Å². The first-order valence-corrected chi connectivity index (χ1v) is 7.42. The monoisotopic (exact) mass is 315 g/mol. The summed E-state index contributed by atoms with van der Waals surface area (Å²) in [6, 6.07) is 12.7. The largest absolute Gasteiger partial charge is 0.305 e. The summed E-state index contributed by atoms with van der Waals surface area (Å²) in [6.45, 7) is 0. The van der Waals surface area contributed by atoms with E-state index in [4.69, 9.17) is 11.6 Å². The Labute approximate surface area is 130 Å². The minimum atomic E-state index is -0.273. The normalized spacial score (nSPS) is 10.3. The summed E-state index contributed by atoms with van der Waals surface area (Å²) < 4.78 is 0. The molecule has 1 amide bonds. The first-order valence-electron chi connectivity index (χ1n) is 6.16. The molecule has 0 atom stereocenters. The summed E-state index contributed by atoms with van der Waals surface area (Å²) in [5.41, 5.74) is 1.30. The highest BCUT2D eigenvalue weighted by molar-refractivity contribution is 7.13. The SMILES string of the molecule is O=C(Nc1ccccn1)c1csc(-c2ccc(Cl)cc2)n1. The molecule has 0 unspecified atom stereocenters. The Balaban J connectivity index is 1.78. The second kappa shape index (κ2) is 6.03. The van der Waals surface area contributed by atoms with E-state index in [1.807, 2.05) is 18.2 Å². The summed E-state index contributed by atoms with van der Waals surface area (Å²) in [5.74, 6) is 0.230. The minimum Gasteiger partial charge on any atom is -0.305 e. The third kappa shape index (κ3) is 3.26. The molecule has 0 fully saturated rings. The van der Waals surface area contributed by atoms with Gasteiger partial charge in [0.2, 0.25) is 0 Å². The number of hydrogen-bond donors (Lipinski definition) is 1. The average Bonchev–Trinajstić information content (AvgIpc) is 2.99. The number of hydrogen-bond acceptors (Lipinski definition) is 4. The van der Waals surface area contributed by atoms with Crippen molar-refractivity contribution >= 4 is 34.7 Å². The highest BCUT2D eigenvalue weighted by Crippen LogP contribution is 2.25. The molecule has 4 nitrogen and oxygen atoms in total. The molecule has 1 N–H and O–H groups in total. The fourth-order valence-electron chi connectivity index (χ4n) is 1.72. The number of benzene rings is 1. The maximum atomic E-state index is 12.1. The molecule has 21 heavy (non-hydrogen) atoms. The van der Waals surface area contributed by atoms with Gasteiger partial charge in [0.15, 0.2) is 0 Å². The average molecular weight is 316 g/mol. The van der Waals surface area contributed by atoms with E-state index in [2.05, 4.69) is 15.3 Å². The highest BCUT2D eigenvalue weighted by Gasteiger charge is 2.12. The molecule has 6 heteroatoms. The van der Waals surface area contributed by atoms with Crippen LogP contribution >= 0.6 is 22.9 Å². The molecule has 2 heterocycles. The Hall–Kier alpha value is -2.24. The Morgan fingerprint density at radius 3 is 2.67 bits per heavy atom. The standard InChI is InChI=1S/C15H10ClN3OS/c16-11-6-4-10(5-7-11)15-18-12(9-21-15)14(20)19-13-3-1-2-8-17-13/h1-9H,(H,17,19,20). The summed E-state index contributed by atoms with van der Waals surface area (Å²) >= 11 is 7.27. The van der Waals surface area contributed by atoms with Gasteiger partial charge in [-0.1, -0.05) is 29.8 Å². The number of pyridine rings is 1. The van der Waals surface area contributed by atoms with Crippen LogP contribution in [0.15, 0.2) is 54.0 Å². The van der Waals surface area contributed by atoms with Crippen LogP contribution < -0.4 is 5.32 Å². The number of thiazole rings is 1. The van der Waals surface area contributed by atoms with Crippen LogP contribution in [0.3, 0.4) is 0 Å². The van der Waals surface area contributed by atoms with Gasteiger partial charge in [0.25, 0.3) is 5.91 Å². The van der Waals surface area contributed by atoms with Crippen LogP contribution in [0, 0.1) is 0 Å². The lowest BCUT2D eigenvalue weighted by Gasteiger charge is -2.00. The molecule has 0 aliphatic carbocycles. The van der Waals surface area contributed by atoms with Gasteiger partial charge in [-0.2, -0.15) is 0 Å². The number of halogens is 1. The summed E-state index contributed by atoms with van der Waals surface area (Å²) in [5, 5.41) is 5.88. The summed E-state index contributed by atoms with van der Waals surface area (Å²) in [4.78, 5) is 20.5. The van der Waals surface area contributed by atoms with E-state index >= 15 is 0 Å². The van der Waals surface area contributed by atoms with Crippen LogP contribution in [0.5, 0.6) is 0 Å². The zero-order chi connectivity index (χ0) is 14.7. The molecule has 104 valence electrons. The predicted octanol–water partition coefficient (Wildman–Crippen LogP) is 4.11. The fraction of sp³-hybridized carbons (Fsp3) is 0. The van der Waals surface area contributed by atoms with Crippen molar-refractivity contribution in [3.8, 4) is 10.6 Å². The van der Waals surface area contributed by atoms with Crippen LogP contribution in [0.2, 0.25) is 5.02 Å². The molecule has 0 saturated heterocycles. The molecule has 1 aromatic carbocycles. The first-order chi connectivity index (χ1) is 10.2. The number of carbonyl (C=O) groups is 1. The van der Waals surface area contributed by atoms with Gasteiger partial charge in [0.05, 0.1) is 0 Å². The Bertz CT molecular complexity index is 756. The van der Waals surface area contributed by atoms with E-state index in [0.29, 0.717) is 16.5 Å². The van der Waals surface area contributed by atoms with E-state index in [1.54, 1.807) is 35.8 Å². The fourth-order valence-corrected chi connectivity index (χ4v) is 2.65. The molecule has 0 aliphatic rings. The number of amides is 1. The Kier molecular flexibility index (Phi) is 3.94. The molecular formula is C15H10ClN3OS. The lowest BCUT2D eigenvalue weighted by Crippen LogP contribution is -2.13. The van der Waals surface area contributed by atoms with Crippen molar-refractivity contribution in [2.45, 2.75) is 0 Å². The van der Waals surface area contributed by atoms with E-state index in [1.165, 1.54) is 11.3 Å². The van der Waals surface area contributed by atoms with Crippen LogP contribution in [-0.2, 0) is 0 Å². The van der Waals surface area contributed by atoms with Crippen LogP contribution in [0.4, 0.5) is 5.82 Å². The number of nitrogens with zero attached hydrogens (tertiary/aromatic N) is 2. The quantitative estimate of drug-likeness (QED) is 0.791. The zero-order valence-corrected chi connectivity index (χ0v) is 12.4. The zero-order valence-electron chi connectivity index (χ0n) is 10.8. The van der Waals surface area contributed by atoms with Crippen molar-refractivity contribution in [1.82, 2.24) is 9.97 Å². The molecule has 0 aliphatic heterocycles. The molecule has 0 saturated carbocycles. The third-order valence-corrected chi connectivity index (χ3v) is 3.88. The Morgan fingerprint density at radius 2 is 1.95 bits per heavy atom. The smallest absolute Gasteiger partial charge is 0.276 e. The number of aromatic nitrogens is 2. The maximum Gasteiger partial charge on any atom is 0.276 e. The molecular weight excluding hydrogens is 306 g/mol. The second-order valence-corrected chi connectivity index (χ2v) is 5.51. The van der Waals surface area contributed by atoms with Gasteiger partial charge in [-0.15, -0.1) is 11.3 Å². The lowest BCUT2D eigenvalue weighted by molar-refractivity contribution is 0.102. The maximum absolute atomic E-state index is 12.1. The van der Waals surface area contributed by atoms with E-state index < -0.39 is 0 Å². The van der Waals surface area contributed by atoms with E-state index in [-0.39, 0.29) is 5.91 Å². The van der Waals surface area contributed by atoms with Gasteiger partial charge < -0.3 is 5.32 Å². The Morgan fingerprint density at radius 1 is 1.14 bits per heavy atom. The minimum absolute atomic E-state index is 0.273. The number of nitrogens with one attached hydrogen (secondary N) is 1. The number of carbonyl (C=O) groups excluding carboxylic acids is 1. The first kappa shape index (κ1) is 13.7. The topological polar surface area (TPSA) is 54.9 Å². The second-order valence-electron chi connectivity index (χ2n) is 4.21. The molecule has 0 radical (unpaired) electrons. The van der Waals surface area contributed by atoms with Crippen molar-refractivity contribution in [3.63, 3.8) is 0 Å². The number of anilines is 1. The highest BCUT2D eigenvalue weighted by atomic mass is 35.5. The van der Waals surface area contributed by atoms with Gasteiger partial charge in [0, 0.05) is 22.2 Å². The van der Waals surface area contributed by atoms with Crippen LogP contribution in [0.25, 0.3) is 10.6 Å². The summed E-state index contributed by atoms with van der Waals surface area (Å²) in [6.07, 6.45) is 1.62. The van der Waals surface area contributed by atoms with Crippen molar-refractivity contribution in [2.24, 2.45) is 0 Å². The lowest BCUT2D eigenvalue weighted by atomic mass is 10.2. The van der Waals surface area contributed by atoms with Gasteiger partial charge in [-0.3, -0.25) is 4.79 Å². The summed E-state index contributed by atoms with van der Waals surface area (Å²) in [7, 11) is 0. The molecule has 2 aromatic heterocycles. The predicted molar refractivity (Wildman–Crippen MR) is 84.8 cm³/mol. The molecule has 3 rings (SSSR count). The van der Waals surface area contributed by atoms with Gasteiger partial charge >= 0.3 is 0 Å². The van der Waals surface area contributed by atoms with Gasteiger partial charge in [0.1, 0.15) is 16.5 Å². The molecule has 0 spiro atoms. The van der Waals surface area contributed by atoms with Crippen molar-refractivity contribution in [3.05, 3.63) is 64.8 Å². The third-order valence-electron chi connectivity index (χ3n) is 2.73. The van der Waals surface area contributed by atoms with Gasteiger partial charge in [-0.25, -0.2) is 9.97 Å². The number of rotatable bonds is 3. The van der Waals surface area contributed by atoms with Crippen molar-refractivity contribution < 1.29 is 4.79 Å². The van der Waals surface area contributed by atoms with Crippen molar-refractivity contribution in [1.29, 1.82) is 0 Å². The van der Waals surface area contributed by atoms with E-state index in [0.717, 1.165) is 10.6 Å². The van der Waals surface area contributed by atoms with Crippen molar-refractivity contribution in [2.75, 3.05) is 5.32 Å². The molecule has 3 aromatic rings. The van der Waals surface area contributed by atoms with Crippen LogP contribution in [0.1, 0.15) is 10.5 Å². The van der Waals surface area contributed by atoms with Gasteiger partial charge in [-0.05, 0) is 24.3 Å². The van der Waals surface area contributed by atoms with E-state index in [9.17, 15) is 4.79 Å². The molecule has 0 bridgehead atoms.